The number of para-hydroxylation sites is 2. The third kappa shape index (κ3) is 3.35. The fourth-order valence-corrected chi connectivity index (χ4v) is 2.42. The van der Waals surface area contributed by atoms with Crippen molar-refractivity contribution in [2.24, 2.45) is 0 Å². The summed E-state index contributed by atoms with van der Waals surface area (Å²) >= 11 is 0. The average molecular weight is 330 g/mol. The van der Waals surface area contributed by atoms with E-state index in [1.54, 1.807) is 24.5 Å². The van der Waals surface area contributed by atoms with Gasteiger partial charge >= 0.3 is 0 Å². The summed E-state index contributed by atoms with van der Waals surface area (Å²) in [5.41, 5.74) is 3.10. The van der Waals surface area contributed by atoms with Crippen LogP contribution in [0.15, 0.2) is 81.8 Å². The zero-order valence-corrected chi connectivity index (χ0v) is 13.2. The number of hydrogen-bond donors (Lipinski definition) is 1. The summed E-state index contributed by atoms with van der Waals surface area (Å²) in [6, 6.07) is 18.5. The number of hydrogen-bond acceptors (Lipinski definition) is 4. The molecule has 0 bridgehead atoms. The number of anilines is 1. The molecule has 0 spiro atoms. The lowest BCUT2D eigenvalue weighted by Gasteiger charge is -2.02. The highest BCUT2D eigenvalue weighted by atomic mass is 16.3. The van der Waals surface area contributed by atoms with Crippen LogP contribution in [-0.2, 0) is 4.79 Å². The molecule has 25 heavy (non-hydrogen) atoms. The Hall–Kier alpha value is -3.60. The van der Waals surface area contributed by atoms with Crippen LogP contribution in [0.4, 0.5) is 5.69 Å². The van der Waals surface area contributed by atoms with Crippen LogP contribution in [0.25, 0.3) is 28.6 Å². The summed E-state index contributed by atoms with van der Waals surface area (Å²) in [7, 11) is 0. The van der Waals surface area contributed by atoms with E-state index in [-0.39, 0.29) is 5.91 Å². The van der Waals surface area contributed by atoms with Crippen LogP contribution in [0.3, 0.4) is 0 Å². The van der Waals surface area contributed by atoms with E-state index in [9.17, 15) is 4.79 Å². The molecule has 1 amide bonds. The first kappa shape index (κ1) is 15.0. The topological polar surface area (TPSA) is 68.3 Å². The van der Waals surface area contributed by atoms with E-state index >= 15 is 0 Å². The standard InChI is InChI=1S/C20H14N2O3/c23-19(12-11-16-4-3-13-24-16)21-15-9-7-14(8-10-15)20-22-17-5-1-2-6-18(17)25-20/h1-13H,(H,21,23)/b12-11-. The van der Waals surface area contributed by atoms with E-state index in [4.69, 9.17) is 8.83 Å². The second-order valence-electron chi connectivity index (χ2n) is 5.40. The molecule has 4 rings (SSSR count). The highest BCUT2D eigenvalue weighted by molar-refractivity contribution is 6.01. The molecule has 122 valence electrons. The molecular formula is C20H14N2O3. The van der Waals surface area contributed by atoms with Crippen LogP contribution < -0.4 is 5.32 Å². The number of aromatic nitrogens is 1. The summed E-state index contributed by atoms with van der Waals surface area (Å²) in [6.07, 6.45) is 4.60. The second kappa shape index (κ2) is 6.49. The number of carbonyl (C=O) groups is 1. The van der Waals surface area contributed by atoms with Crippen molar-refractivity contribution >= 4 is 28.8 Å². The third-order valence-corrected chi connectivity index (χ3v) is 3.64. The van der Waals surface area contributed by atoms with Gasteiger partial charge < -0.3 is 14.2 Å². The van der Waals surface area contributed by atoms with Gasteiger partial charge in [0.15, 0.2) is 5.58 Å². The highest BCUT2D eigenvalue weighted by Gasteiger charge is 2.07. The van der Waals surface area contributed by atoms with Gasteiger partial charge in [-0.05, 0) is 54.6 Å². The van der Waals surface area contributed by atoms with Crippen molar-refractivity contribution in [3.63, 3.8) is 0 Å². The van der Waals surface area contributed by atoms with Gasteiger partial charge in [-0.25, -0.2) is 4.98 Å². The maximum Gasteiger partial charge on any atom is 0.248 e. The van der Waals surface area contributed by atoms with Crippen LogP contribution in [0.2, 0.25) is 0 Å². The first-order valence-electron chi connectivity index (χ1n) is 7.76. The van der Waals surface area contributed by atoms with Crippen LogP contribution in [0.1, 0.15) is 5.76 Å². The predicted molar refractivity (Wildman–Crippen MR) is 95.8 cm³/mol. The number of carbonyl (C=O) groups excluding carboxylic acids is 1. The molecule has 0 aliphatic heterocycles. The van der Waals surface area contributed by atoms with Crippen molar-refractivity contribution in [1.29, 1.82) is 0 Å². The van der Waals surface area contributed by atoms with Gasteiger partial charge in [0.1, 0.15) is 11.3 Å². The summed E-state index contributed by atoms with van der Waals surface area (Å²) in [6.45, 7) is 0. The van der Waals surface area contributed by atoms with Crippen LogP contribution in [0, 0.1) is 0 Å². The Bertz CT molecular complexity index is 995. The minimum atomic E-state index is -0.231. The number of fused-ring (bicyclic) bond motifs is 1. The van der Waals surface area contributed by atoms with E-state index in [2.05, 4.69) is 10.3 Å². The molecule has 5 heteroatoms. The molecule has 0 unspecified atom stereocenters. The lowest BCUT2D eigenvalue weighted by molar-refractivity contribution is -0.111. The van der Waals surface area contributed by atoms with Gasteiger partial charge in [-0.15, -0.1) is 0 Å². The molecule has 0 aliphatic rings. The number of furan rings is 1. The Kier molecular flexibility index (Phi) is 3.88. The van der Waals surface area contributed by atoms with Crippen LogP contribution in [0.5, 0.6) is 0 Å². The second-order valence-corrected chi connectivity index (χ2v) is 5.40. The van der Waals surface area contributed by atoms with Crippen molar-refractivity contribution in [3.05, 3.63) is 78.8 Å². The van der Waals surface area contributed by atoms with Gasteiger partial charge in [0, 0.05) is 17.3 Å². The molecule has 5 nitrogen and oxygen atoms in total. The molecule has 0 saturated heterocycles. The Morgan fingerprint density at radius 2 is 1.84 bits per heavy atom. The smallest absolute Gasteiger partial charge is 0.248 e. The lowest BCUT2D eigenvalue weighted by atomic mass is 10.2. The van der Waals surface area contributed by atoms with Crippen molar-refractivity contribution in [3.8, 4) is 11.5 Å². The molecule has 0 saturated carbocycles. The lowest BCUT2D eigenvalue weighted by Crippen LogP contribution is -2.07. The molecule has 0 atom stereocenters. The molecule has 1 N–H and O–H groups in total. The number of benzene rings is 2. The number of nitrogens with zero attached hydrogens (tertiary/aromatic N) is 1. The SMILES string of the molecule is O=C(/C=C\c1ccco1)Nc1ccc(-c2nc3ccccc3o2)cc1. The number of rotatable bonds is 4. The predicted octanol–water partition coefficient (Wildman–Crippen LogP) is 4.74. The third-order valence-electron chi connectivity index (χ3n) is 3.64. The maximum atomic E-state index is 11.9. The fraction of sp³-hybridized carbons (Fsp3) is 0. The van der Waals surface area contributed by atoms with Gasteiger partial charge in [-0.3, -0.25) is 4.79 Å². The number of amides is 1. The summed E-state index contributed by atoms with van der Waals surface area (Å²) in [5, 5.41) is 2.79. The van der Waals surface area contributed by atoms with Gasteiger partial charge in [-0.2, -0.15) is 0 Å². The Labute approximate surface area is 143 Å². The van der Waals surface area contributed by atoms with E-state index < -0.39 is 0 Å². The zero-order valence-electron chi connectivity index (χ0n) is 13.2. The number of oxazole rings is 1. The molecule has 4 aromatic rings. The van der Waals surface area contributed by atoms with E-state index in [0.717, 1.165) is 16.7 Å². The van der Waals surface area contributed by atoms with Crippen molar-refractivity contribution < 1.29 is 13.6 Å². The summed E-state index contributed by atoms with van der Waals surface area (Å²) < 4.78 is 10.9. The molecule has 0 aliphatic carbocycles. The highest BCUT2D eigenvalue weighted by Crippen LogP contribution is 2.25. The number of nitrogens with one attached hydrogen (secondary N) is 1. The Morgan fingerprint density at radius 1 is 1.00 bits per heavy atom. The van der Waals surface area contributed by atoms with Crippen molar-refractivity contribution in [2.75, 3.05) is 5.32 Å². The normalized spacial score (nSPS) is 11.2. The Balaban J connectivity index is 1.47. The van der Waals surface area contributed by atoms with E-state index in [1.807, 2.05) is 48.5 Å². The van der Waals surface area contributed by atoms with Crippen molar-refractivity contribution in [1.82, 2.24) is 4.98 Å². The summed E-state index contributed by atoms with van der Waals surface area (Å²) in [4.78, 5) is 16.4. The fourth-order valence-electron chi connectivity index (χ4n) is 2.42. The first-order chi connectivity index (χ1) is 12.3. The quantitative estimate of drug-likeness (QED) is 0.549. The van der Waals surface area contributed by atoms with Crippen molar-refractivity contribution in [2.45, 2.75) is 0 Å². The van der Waals surface area contributed by atoms with Gasteiger partial charge in [0.25, 0.3) is 0 Å². The largest absolute Gasteiger partial charge is 0.465 e. The molecular weight excluding hydrogens is 316 g/mol. The Morgan fingerprint density at radius 3 is 2.60 bits per heavy atom. The van der Waals surface area contributed by atoms with Gasteiger partial charge in [0.05, 0.1) is 6.26 Å². The molecule has 0 fully saturated rings. The first-order valence-corrected chi connectivity index (χ1v) is 7.76. The minimum Gasteiger partial charge on any atom is -0.465 e. The average Bonchev–Trinajstić information content (AvgIpc) is 3.30. The zero-order chi connectivity index (χ0) is 17.1. The molecule has 2 heterocycles. The molecule has 0 radical (unpaired) electrons. The van der Waals surface area contributed by atoms with Gasteiger partial charge in [-0.1, -0.05) is 12.1 Å². The van der Waals surface area contributed by atoms with Crippen LogP contribution >= 0.6 is 0 Å². The monoisotopic (exact) mass is 330 g/mol. The van der Waals surface area contributed by atoms with Crippen LogP contribution in [-0.4, -0.2) is 10.9 Å². The molecule has 2 aromatic heterocycles. The van der Waals surface area contributed by atoms with Gasteiger partial charge in [0.2, 0.25) is 11.8 Å². The van der Waals surface area contributed by atoms with E-state index in [1.165, 1.54) is 6.08 Å². The summed E-state index contributed by atoms with van der Waals surface area (Å²) in [5.74, 6) is 0.948. The molecule has 2 aromatic carbocycles. The minimum absolute atomic E-state index is 0.231. The van der Waals surface area contributed by atoms with E-state index in [0.29, 0.717) is 17.3 Å². The maximum absolute atomic E-state index is 11.9.